The second kappa shape index (κ2) is 6.91. The first-order valence-electron chi connectivity index (χ1n) is 11.1. The van der Waals surface area contributed by atoms with Gasteiger partial charge in [-0.2, -0.15) is 5.10 Å². The van der Waals surface area contributed by atoms with Crippen molar-refractivity contribution in [3.8, 4) is 0 Å². The van der Waals surface area contributed by atoms with Crippen molar-refractivity contribution in [2.45, 2.75) is 32.1 Å². The van der Waals surface area contributed by atoms with Gasteiger partial charge in [0, 0.05) is 37.3 Å². The van der Waals surface area contributed by atoms with E-state index in [1.165, 1.54) is 18.4 Å². The summed E-state index contributed by atoms with van der Waals surface area (Å²) in [6.45, 7) is 3.39. The van der Waals surface area contributed by atoms with Crippen LogP contribution in [0.25, 0.3) is 21.8 Å². The Bertz CT molecular complexity index is 1370. The first kappa shape index (κ1) is 19.0. The van der Waals surface area contributed by atoms with E-state index in [0.29, 0.717) is 23.8 Å². The van der Waals surface area contributed by atoms with E-state index in [0.717, 1.165) is 46.2 Å². The fourth-order valence-electron chi connectivity index (χ4n) is 4.75. The molecule has 0 unspecified atom stereocenters. The molecule has 1 aliphatic carbocycles. The number of nitrogens with zero attached hydrogens (tertiary/aromatic N) is 6. The molecule has 0 atom stereocenters. The predicted octanol–water partition coefficient (Wildman–Crippen LogP) is 3.55. The number of amides is 1. The van der Waals surface area contributed by atoms with E-state index in [9.17, 15) is 4.79 Å². The third-order valence-electron chi connectivity index (χ3n) is 6.63. The Kier molecular flexibility index (Phi) is 4.11. The molecule has 32 heavy (non-hydrogen) atoms. The smallest absolute Gasteiger partial charge is 0.272 e. The second-order valence-electron chi connectivity index (χ2n) is 8.84. The summed E-state index contributed by atoms with van der Waals surface area (Å²) < 4.78 is 1.78. The number of carbonyl (C=O) groups excluding carboxylic acids is 1. The molecule has 0 radical (unpaired) electrons. The van der Waals surface area contributed by atoms with E-state index in [1.54, 1.807) is 10.9 Å². The molecule has 1 saturated carbocycles. The lowest BCUT2D eigenvalue weighted by Crippen LogP contribution is -2.42. The van der Waals surface area contributed by atoms with Crippen LogP contribution in [0.2, 0.25) is 0 Å². The van der Waals surface area contributed by atoms with Crippen molar-refractivity contribution in [2.24, 2.45) is 7.05 Å². The van der Waals surface area contributed by atoms with Crippen LogP contribution in [-0.4, -0.2) is 43.8 Å². The molecular weight excluding hydrogens is 402 g/mol. The monoisotopic (exact) mass is 427 g/mol. The minimum absolute atomic E-state index is 0.0258. The number of anilines is 2. The minimum Gasteiger partial charge on any atom is -0.383 e. The molecule has 1 aromatic carbocycles. The zero-order chi connectivity index (χ0) is 22.0. The largest absolute Gasteiger partial charge is 0.383 e. The number of hydrogen-bond acceptors (Lipinski definition) is 6. The molecule has 4 aromatic rings. The molecule has 1 aliphatic heterocycles. The summed E-state index contributed by atoms with van der Waals surface area (Å²) >= 11 is 0. The molecule has 0 bridgehead atoms. The Balaban J connectivity index is 1.40. The third-order valence-corrected chi connectivity index (χ3v) is 6.63. The van der Waals surface area contributed by atoms with Gasteiger partial charge in [-0.1, -0.05) is 6.07 Å². The summed E-state index contributed by atoms with van der Waals surface area (Å²) in [4.78, 5) is 22.9. The normalized spacial score (nSPS) is 16.4. The van der Waals surface area contributed by atoms with E-state index in [1.807, 2.05) is 48.4 Å². The first-order valence-corrected chi connectivity index (χ1v) is 11.1. The Morgan fingerprint density at radius 3 is 2.72 bits per heavy atom. The molecule has 1 saturated heterocycles. The lowest BCUT2D eigenvalue weighted by atomic mass is 10.0. The lowest BCUT2D eigenvalue weighted by molar-refractivity contribution is 0.0774. The van der Waals surface area contributed by atoms with Gasteiger partial charge >= 0.3 is 0 Å². The number of pyridine rings is 2. The number of aromatic nitrogens is 4. The molecule has 2 aliphatic rings. The highest BCUT2D eigenvalue weighted by Gasteiger charge is 2.31. The van der Waals surface area contributed by atoms with Crippen LogP contribution < -0.4 is 10.7 Å². The van der Waals surface area contributed by atoms with Gasteiger partial charge in [-0.15, -0.1) is 0 Å². The Labute approximate surface area is 185 Å². The van der Waals surface area contributed by atoms with Gasteiger partial charge in [0.25, 0.3) is 5.91 Å². The topological polar surface area (TPSA) is 93.2 Å². The van der Waals surface area contributed by atoms with E-state index in [4.69, 9.17) is 5.73 Å². The number of hydrazine groups is 1. The van der Waals surface area contributed by atoms with Crippen molar-refractivity contribution in [1.82, 2.24) is 24.8 Å². The molecule has 162 valence electrons. The highest BCUT2D eigenvalue weighted by Crippen LogP contribution is 2.40. The molecule has 4 heterocycles. The maximum absolute atomic E-state index is 13.7. The molecule has 8 heteroatoms. The van der Waals surface area contributed by atoms with Crippen LogP contribution in [0.3, 0.4) is 0 Å². The first-order chi connectivity index (χ1) is 15.5. The summed E-state index contributed by atoms with van der Waals surface area (Å²) in [5.41, 5.74) is 10.6. The van der Waals surface area contributed by atoms with Crippen molar-refractivity contribution < 1.29 is 4.79 Å². The zero-order valence-electron chi connectivity index (χ0n) is 18.2. The lowest BCUT2D eigenvalue weighted by Gasteiger charge is -2.29. The van der Waals surface area contributed by atoms with Gasteiger partial charge in [-0.25, -0.2) is 15.0 Å². The zero-order valence-corrected chi connectivity index (χ0v) is 18.2. The number of benzene rings is 1. The molecule has 1 amide bonds. The number of rotatable bonds is 3. The summed E-state index contributed by atoms with van der Waals surface area (Å²) in [6, 6.07) is 8.06. The van der Waals surface area contributed by atoms with Crippen molar-refractivity contribution in [3.63, 3.8) is 0 Å². The molecule has 8 nitrogen and oxygen atoms in total. The minimum atomic E-state index is -0.0258. The van der Waals surface area contributed by atoms with Gasteiger partial charge in [0.15, 0.2) is 0 Å². The van der Waals surface area contributed by atoms with Crippen molar-refractivity contribution in [1.29, 1.82) is 0 Å². The van der Waals surface area contributed by atoms with Crippen LogP contribution in [0.4, 0.5) is 11.6 Å². The van der Waals surface area contributed by atoms with Crippen molar-refractivity contribution >= 4 is 39.3 Å². The highest BCUT2D eigenvalue weighted by molar-refractivity contribution is 6.10. The fourth-order valence-corrected chi connectivity index (χ4v) is 4.75. The van der Waals surface area contributed by atoms with Crippen LogP contribution in [0.5, 0.6) is 0 Å². The molecule has 2 N–H and O–H groups in total. The highest BCUT2D eigenvalue weighted by atomic mass is 16.2. The quantitative estimate of drug-likeness (QED) is 0.537. The SMILES string of the molecule is Cc1cc2nc(N)c3cnn(C)c3c2cc1C(=O)N1CCCN1c1ccc(C2CC2)cn1. The molecule has 2 fully saturated rings. The number of nitrogen functional groups attached to an aromatic ring is 1. The van der Waals surface area contributed by atoms with E-state index in [-0.39, 0.29) is 5.91 Å². The standard InChI is InChI=1S/C24H25N7O/c1-14-10-20-18(22-19(23(25)28-20)13-27-29(22)2)11-17(14)24(32)31-9-3-8-30(31)21-7-6-16(12-26-21)15-4-5-15/h6-7,10-13,15H,3-5,8-9H2,1-2H3,(H2,25,28). The van der Waals surface area contributed by atoms with Gasteiger partial charge in [0.2, 0.25) is 0 Å². The number of carbonyl (C=O) groups is 1. The van der Waals surface area contributed by atoms with Gasteiger partial charge in [-0.3, -0.25) is 14.5 Å². The van der Waals surface area contributed by atoms with E-state index in [2.05, 4.69) is 21.1 Å². The molecular formula is C24H25N7O. The molecule has 6 rings (SSSR count). The van der Waals surface area contributed by atoms with Crippen molar-refractivity contribution in [3.05, 3.63) is 53.3 Å². The maximum atomic E-state index is 13.7. The molecule has 0 spiro atoms. The Morgan fingerprint density at radius 2 is 1.97 bits per heavy atom. The average molecular weight is 428 g/mol. The van der Waals surface area contributed by atoms with Gasteiger partial charge < -0.3 is 5.73 Å². The van der Waals surface area contributed by atoms with Gasteiger partial charge in [-0.05, 0) is 61.4 Å². The molecule has 3 aromatic heterocycles. The van der Waals surface area contributed by atoms with Crippen LogP contribution in [0.15, 0.2) is 36.7 Å². The third kappa shape index (κ3) is 2.90. The Morgan fingerprint density at radius 1 is 1.12 bits per heavy atom. The van der Waals surface area contributed by atoms with E-state index < -0.39 is 0 Å². The average Bonchev–Trinajstić information content (AvgIpc) is 3.39. The number of nitrogens with two attached hydrogens (primary N) is 1. The second-order valence-corrected chi connectivity index (χ2v) is 8.84. The summed E-state index contributed by atoms with van der Waals surface area (Å²) in [5, 5.41) is 9.83. The predicted molar refractivity (Wildman–Crippen MR) is 124 cm³/mol. The Hall–Kier alpha value is -3.68. The van der Waals surface area contributed by atoms with Crippen LogP contribution in [0.1, 0.15) is 46.7 Å². The van der Waals surface area contributed by atoms with Crippen molar-refractivity contribution in [2.75, 3.05) is 23.8 Å². The summed E-state index contributed by atoms with van der Waals surface area (Å²) in [5.74, 6) is 1.91. The maximum Gasteiger partial charge on any atom is 0.272 e. The van der Waals surface area contributed by atoms with Gasteiger partial charge in [0.1, 0.15) is 11.6 Å². The number of fused-ring (bicyclic) bond motifs is 3. The van der Waals surface area contributed by atoms with Crippen LogP contribution >= 0.6 is 0 Å². The fraction of sp³-hybridized carbons (Fsp3) is 0.333. The van der Waals surface area contributed by atoms with Crippen LogP contribution in [0, 0.1) is 6.92 Å². The number of aryl methyl sites for hydroxylation is 2. The number of hydrogen-bond donors (Lipinski definition) is 1. The van der Waals surface area contributed by atoms with Gasteiger partial charge in [0.05, 0.1) is 22.6 Å². The summed E-state index contributed by atoms with van der Waals surface area (Å²) in [6.07, 6.45) is 7.10. The van der Waals surface area contributed by atoms with E-state index >= 15 is 0 Å². The van der Waals surface area contributed by atoms with Crippen LogP contribution in [-0.2, 0) is 7.05 Å². The summed E-state index contributed by atoms with van der Waals surface area (Å²) in [7, 11) is 1.88.